The molecule has 2 aromatic heterocycles. The Morgan fingerprint density at radius 1 is 1.16 bits per heavy atom. The molecule has 0 aliphatic carbocycles. The molecule has 4 rings (SSSR count). The summed E-state index contributed by atoms with van der Waals surface area (Å²) in [5.74, 6) is 0.972. The van der Waals surface area contributed by atoms with Gasteiger partial charge in [-0.05, 0) is 24.1 Å². The molecule has 3 heterocycles. The lowest BCUT2D eigenvalue weighted by Gasteiger charge is -2.33. The molecule has 0 N–H and O–H groups in total. The van der Waals surface area contributed by atoms with Crippen LogP contribution in [0.25, 0.3) is 11.2 Å². The number of hydrogen-bond acceptors (Lipinski definition) is 4. The highest BCUT2D eigenvalue weighted by Crippen LogP contribution is 2.33. The van der Waals surface area contributed by atoms with Crippen molar-refractivity contribution in [3.63, 3.8) is 0 Å². The Morgan fingerprint density at radius 3 is 2.64 bits per heavy atom. The number of rotatable bonds is 1. The molecule has 8 heteroatoms. The zero-order valence-electron chi connectivity index (χ0n) is 14.2. The van der Waals surface area contributed by atoms with Gasteiger partial charge in [0.1, 0.15) is 0 Å². The number of hydrogen-bond donors (Lipinski definition) is 0. The topological polar surface area (TPSA) is 65.1 Å². The van der Waals surface area contributed by atoms with Gasteiger partial charge in [0.05, 0.1) is 0 Å². The molecule has 1 aliphatic heterocycles. The maximum Gasteiger partial charge on any atom is 0.332 e. The second-order valence-corrected chi connectivity index (χ2v) is 7.03. The fraction of sp³-hybridized carbons (Fsp3) is 0.353. The molecule has 0 amide bonds. The Bertz CT molecular complexity index is 1110. The van der Waals surface area contributed by atoms with Crippen molar-refractivity contribution >= 4 is 34.4 Å². The van der Waals surface area contributed by atoms with Crippen LogP contribution in [0.3, 0.4) is 0 Å². The quantitative estimate of drug-likeness (QED) is 0.665. The van der Waals surface area contributed by atoms with Gasteiger partial charge in [0.15, 0.2) is 11.2 Å². The minimum absolute atomic E-state index is 0.311. The van der Waals surface area contributed by atoms with E-state index in [1.165, 1.54) is 11.6 Å². The fourth-order valence-electron chi connectivity index (χ4n) is 3.44. The second kappa shape index (κ2) is 5.49. The molecule has 1 atom stereocenters. The zero-order valence-corrected chi connectivity index (χ0v) is 15.0. The molecule has 0 bridgehead atoms. The molecule has 130 valence electrons. The maximum atomic E-state index is 12.7. The van der Waals surface area contributed by atoms with Gasteiger partial charge >= 0.3 is 5.69 Å². The van der Waals surface area contributed by atoms with Crippen LogP contribution in [-0.4, -0.2) is 25.2 Å². The first-order valence-corrected chi connectivity index (χ1v) is 8.45. The first-order valence-electron chi connectivity index (χ1n) is 8.08. The van der Waals surface area contributed by atoms with E-state index >= 15 is 0 Å². The summed E-state index contributed by atoms with van der Waals surface area (Å²) in [7, 11) is 3.13. The van der Waals surface area contributed by atoms with Crippen LogP contribution in [0.4, 0.5) is 11.6 Å². The van der Waals surface area contributed by atoms with Gasteiger partial charge in [-0.25, -0.2) is 4.79 Å². The Balaban J connectivity index is 2.05. The van der Waals surface area contributed by atoms with Crippen LogP contribution in [0.15, 0.2) is 33.9 Å². The van der Waals surface area contributed by atoms with Crippen LogP contribution >= 0.6 is 11.6 Å². The SMILES string of the molecule is CC1CN(c2cccc(Cl)c2)c2nc3c(c(=O)n(C)c(=O)n3C)n2C1. The molecule has 1 unspecified atom stereocenters. The van der Waals surface area contributed by atoms with Gasteiger partial charge in [0, 0.05) is 37.9 Å². The largest absolute Gasteiger partial charge is 0.332 e. The standard InChI is InChI=1S/C17H18ClN5O2/c1-10-8-22(12-6-4-5-11(18)7-12)16-19-14-13(23(16)9-10)15(24)21(3)17(25)20(14)2/h4-7,10H,8-9H2,1-3H3. The van der Waals surface area contributed by atoms with E-state index in [4.69, 9.17) is 11.6 Å². The van der Waals surface area contributed by atoms with Crippen LogP contribution in [0.2, 0.25) is 5.02 Å². The molecule has 0 fully saturated rings. The summed E-state index contributed by atoms with van der Waals surface area (Å²) in [6, 6.07) is 7.55. The van der Waals surface area contributed by atoms with Crippen molar-refractivity contribution in [2.45, 2.75) is 13.5 Å². The Hall–Kier alpha value is -2.54. The number of benzene rings is 1. The van der Waals surface area contributed by atoms with E-state index in [1.807, 2.05) is 33.7 Å². The predicted octanol–water partition coefficient (Wildman–Crippen LogP) is 1.87. The van der Waals surface area contributed by atoms with Crippen LogP contribution in [0.5, 0.6) is 0 Å². The lowest BCUT2D eigenvalue weighted by atomic mass is 10.1. The van der Waals surface area contributed by atoms with Crippen molar-refractivity contribution in [1.29, 1.82) is 0 Å². The molecule has 0 spiro atoms. The number of anilines is 2. The molecule has 3 aromatic rings. The fourth-order valence-corrected chi connectivity index (χ4v) is 3.63. The zero-order chi connectivity index (χ0) is 17.9. The molecule has 7 nitrogen and oxygen atoms in total. The highest BCUT2D eigenvalue weighted by Gasteiger charge is 2.29. The number of halogens is 1. The van der Waals surface area contributed by atoms with Gasteiger partial charge in [-0.2, -0.15) is 4.98 Å². The number of fused-ring (bicyclic) bond motifs is 3. The smallest absolute Gasteiger partial charge is 0.312 e. The van der Waals surface area contributed by atoms with E-state index < -0.39 is 0 Å². The second-order valence-electron chi connectivity index (χ2n) is 6.60. The van der Waals surface area contributed by atoms with E-state index in [0.717, 1.165) is 16.8 Å². The van der Waals surface area contributed by atoms with Crippen molar-refractivity contribution in [3.05, 3.63) is 50.1 Å². The third-order valence-electron chi connectivity index (χ3n) is 4.68. The van der Waals surface area contributed by atoms with Crippen LogP contribution in [-0.2, 0) is 20.6 Å². The van der Waals surface area contributed by atoms with E-state index in [1.54, 1.807) is 7.05 Å². The van der Waals surface area contributed by atoms with Crippen LogP contribution < -0.4 is 16.1 Å². The minimum Gasteiger partial charge on any atom is -0.312 e. The lowest BCUT2D eigenvalue weighted by molar-refractivity contribution is 0.458. The van der Waals surface area contributed by atoms with E-state index in [2.05, 4.69) is 11.9 Å². The Kier molecular flexibility index (Phi) is 3.50. The Morgan fingerprint density at radius 2 is 1.92 bits per heavy atom. The third kappa shape index (κ3) is 2.30. The van der Waals surface area contributed by atoms with Gasteiger partial charge in [0.25, 0.3) is 5.56 Å². The van der Waals surface area contributed by atoms with Gasteiger partial charge < -0.3 is 9.47 Å². The first kappa shape index (κ1) is 16.0. The summed E-state index contributed by atoms with van der Waals surface area (Å²) in [5.41, 5.74) is 1.08. The minimum atomic E-state index is -0.379. The highest BCUT2D eigenvalue weighted by atomic mass is 35.5. The van der Waals surface area contributed by atoms with Crippen LogP contribution in [0, 0.1) is 5.92 Å². The molecule has 1 aliphatic rings. The normalized spacial score (nSPS) is 17.1. The first-order chi connectivity index (χ1) is 11.9. The third-order valence-corrected chi connectivity index (χ3v) is 4.91. The van der Waals surface area contributed by atoms with E-state index in [0.29, 0.717) is 34.6 Å². The summed E-state index contributed by atoms with van der Waals surface area (Å²) < 4.78 is 4.45. The highest BCUT2D eigenvalue weighted by molar-refractivity contribution is 6.30. The summed E-state index contributed by atoms with van der Waals surface area (Å²) in [6.45, 7) is 3.56. The van der Waals surface area contributed by atoms with Crippen LogP contribution in [0.1, 0.15) is 6.92 Å². The molecular formula is C17H18ClN5O2. The number of imidazole rings is 1. The summed E-state index contributed by atoms with van der Waals surface area (Å²) in [5, 5.41) is 0.640. The predicted molar refractivity (Wildman–Crippen MR) is 97.8 cm³/mol. The molecule has 0 saturated heterocycles. The molecular weight excluding hydrogens is 342 g/mol. The van der Waals surface area contributed by atoms with Crippen molar-refractivity contribution in [2.75, 3.05) is 11.4 Å². The number of aryl methyl sites for hydroxylation is 1. The van der Waals surface area contributed by atoms with Crippen molar-refractivity contribution in [1.82, 2.24) is 18.7 Å². The summed E-state index contributed by atoms with van der Waals surface area (Å²) >= 11 is 6.15. The average molecular weight is 360 g/mol. The summed E-state index contributed by atoms with van der Waals surface area (Å²) in [4.78, 5) is 31.6. The molecule has 1 aromatic carbocycles. The van der Waals surface area contributed by atoms with E-state index in [9.17, 15) is 9.59 Å². The molecule has 0 radical (unpaired) electrons. The average Bonchev–Trinajstić information content (AvgIpc) is 2.96. The van der Waals surface area contributed by atoms with Gasteiger partial charge in [-0.3, -0.25) is 13.9 Å². The molecule has 25 heavy (non-hydrogen) atoms. The van der Waals surface area contributed by atoms with Gasteiger partial charge in [0.2, 0.25) is 5.95 Å². The monoisotopic (exact) mass is 359 g/mol. The van der Waals surface area contributed by atoms with Crippen molar-refractivity contribution in [2.24, 2.45) is 20.0 Å². The number of aromatic nitrogens is 4. The van der Waals surface area contributed by atoms with Crippen molar-refractivity contribution < 1.29 is 0 Å². The summed E-state index contributed by atoms with van der Waals surface area (Å²) in [6.07, 6.45) is 0. The van der Waals surface area contributed by atoms with Crippen molar-refractivity contribution in [3.8, 4) is 0 Å². The Labute approximate surface area is 148 Å². The number of nitrogens with zero attached hydrogens (tertiary/aromatic N) is 5. The van der Waals surface area contributed by atoms with Gasteiger partial charge in [-0.15, -0.1) is 0 Å². The molecule has 0 saturated carbocycles. The van der Waals surface area contributed by atoms with Gasteiger partial charge in [-0.1, -0.05) is 24.6 Å². The lowest BCUT2D eigenvalue weighted by Crippen LogP contribution is -2.38. The van der Waals surface area contributed by atoms with E-state index in [-0.39, 0.29) is 11.2 Å². The maximum absolute atomic E-state index is 12.7.